The van der Waals surface area contributed by atoms with Crippen molar-refractivity contribution in [1.29, 1.82) is 0 Å². The zero-order valence-corrected chi connectivity index (χ0v) is 10.5. The standard InChI is InChI=1S/C13H17NO4/c1-9(2)18-8-7-12(15)14-11-5-3-10(4-6-11)13(16)17/h3-6,9H,7-8H2,1-2H3,(H,14,15)(H,16,17). The van der Waals surface area contributed by atoms with E-state index in [9.17, 15) is 9.59 Å². The number of benzene rings is 1. The minimum Gasteiger partial charge on any atom is -0.478 e. The predicted molar refractivity (Wildman–Crippen MR) is 67.7 cm³/mol. The van der Waals surface area contributed by atoms with Crippen LogP contribution in [0.1, 0.15) is 30.6 Å². The van der Waals surface area contributed by atoms with Crippen molar-refractivity contribution in [2.75, 3.05) is 11.9 Å². The van der Waals surface area contributed by atoms with Gasteiger partial charge in [-0.1, -0.05) is 0 Å². The van der Waals surface area contributed by atoms with E-state index in [-0.39, 0.29) is 24.0 Å². The van der Waals surface area contributed by atoms with Gasteiger partial charge in [0.05, 0.1) is 24.7 Å². The molecule has 0 aromatic heterocycles. The number of nitrogens with one attached hydrogen (secondary N) is 1. The lowest BCUT2D eigenvalue weighted by molar-refractivity contribution is -0.117. The van der Waals surface area contributed by atoms with Gasteiger partial charge >= 0.3 is 5.97 Å². The zero-order chi connectivity index (χ0) is 13.5. The number of carbonyl (C=O) groups excluding carboxylic acids is 1. The van der Waals surface area contributed by atoms with Crippen LogP contribution in [0.2, 0.25) is 0 Å². The minimum absolute atomic E-state index is 0.104. The minimum atomic E-state index is -0.988. The van der Waals surface area contributed by atoms with Crippen LogP contribution >= 0.6 is 0 Å². The van der Waals surface area contributed by atoms with Crippen molar-refractivity contribution >= 4 is 17.6 Å². The predicted octanol–water partition coefficient (Wildman–Crippen LogP) is 2.14. The lowest BCUT2D eigenvalue weighted by Crippen LogP contribution is -2.15. The van der Waals surface area contributed by atoms with E-state index in [1.165, 1.54) is 12.1 Å². The van der Waals surface area contributed by atoms with E-state index < -0.39 is 5.97 Å². The van der Waals surface area contributed by atoms with E-state index in [1.807, 2.05) is 13.8 Å². The van der Waals surface area contributed by atoms with Gasteiger partial charge in [-0.25, -0.2) is 4.79 Å². The first-order valence-corrected chi connectivity index (χ1v) is 5.74. The summed E-state index contributed by atoms with van der Waals surface area (Å²) in [6.07, 6.45) is 0.381. The van der Waals surface area contributed by atoms with Gasteiger partial charge in [-0.2, -0.15) is 0 Å². The van der Waals surface area contributed by atoms with Gasteiger partial charge in [-0.05, 0) is 38.1 Å². The zero-order valence-electron chi connectivity index (χ0n) is 10.5. The number of hydrogen-bond donors (Lipinski definition) is 2. The molecule has 0 saturated heterocycles. The highest BCUT2D eigenvalue weighted by Gasteiger charge is 2.05. The van der Waals surface area contributed by atoms with Crippen molar-refractivity contribution in [3.63, 3.8) is 0 Å². The van der Waals surface area contributed by atoms with Gasteiger partial charge in [0.25, 0.3) is 0 Å². The Labute approximate surface area is 106 Å². The van der Waals surface area contributed by atoms with Crippen molar-refractivity contribution in [1.82, 2.24) is 0 Å². The third-order valence-electron chi connectivity index (χ3n) is 2.20. The quantitative estimate of drug-likeness (QED) is 0.812. The van der Waals surface area contributed by atoms with E-state index >= 15 is 0 Å². The summed E-state index contributed by atoms with van der Waals surface area (Å²) < 4.78 is 5.26. The van der Waals surface area contributed by atoms with E-state index in [0.717, 1.165) is 0 Å². The van der Waals surface area contributed by atoms with Crippen LogP contribution in [0.25, 0.3) is 0 Å². The molecule has 1 amide bonds. The lowest BCUT2D eigenvalue weighted by atomic mass is 10.2. The van der Waals surface area contributed by atoms with Crippen LogP contribution in [0.4, 0.5) is 5.69 Å². The molecule has 5 nitrogen and oxygen atoms in total. The molecule has 0 saturated carbocycles. The third-order valence-corrected chi connectivity index (χ3v) is 2.20. The topological polar surface area (TPSA) is 75.6 Å². The highest BCUT2D eigenvalue weighted by molar-refractivity contribution is 5.92. The second-order valence-corrected chi connectivity index (χ2v) is 4.10. The molecule has 0 spiro atoms. The summed E-state index contributed by atoms with van der Waals surface area (Å²) in [5.41, 5.74) is 0.769. The average Bonchev–Trinajstić information content (AvgIpc) is 2.29. The molecule has 5 heteroatoms. The summed E-state index contributed by atoms with van der Waals surface area (Å²) in [5.74, 6) is -1.14. The molecular weight excluding hydrogens is 234 g/mol. The van der Waals surface area contributed by atoms with Crippen molar-refractivity contribution in [2.24, 2.45) is 0 Å². The largest absolute Gasteiger partial charge is 0.478 e. The molecule has 0 aliphatic heterocycles. The maximum Gasteiger partial charge on any atom is 0.335 e. The molecule has 0 unspecified atom stereocenters. The molecule has 0 radical (unpaired) electrons. The van der Waals surface area contributed by atoms with Crippen molar-refractivity contribution in [3.8, 4) is 0 Å². The Morgan fingerprint density at radius 1 is 1.28 bits per heavy atom. The third kappa shape index (κ3) is 4.97. The number of aromatic carboxylic acids is 1. The van der Waals surface area contributed by atoms with Crippen molar-refractivity contribution in [3.05, 3.63) is 29.8 Å². The summed E-state index contributed by atoms with van der Waals surface area (Å²) >= 11 is 0. The van der Waals surface area contributed by atoms with Crippen LogP contribution in [0.15, 0.2) is 24.3 Å². The molecule has 18 heavy (non-hydrogen) atoms. The number of ether oxygens (including phenoxy) is 1. The van der Waals surface area contributed by atoms with E-state index in [0.29, 0.717) is 12.3 Å². The van der Waals surface area contributed by atoms with E-state index in [2.05, 4.69) is 5.32 Å². The summed E-state index contributed by atoms with van der Waals surface area (Å²) in [6, 6.07) is 6.01. The molecule has 1 aromatic rings. The lowest BCUT2D eigenvalue weighted by Gasteiger charge is -2.08. The van der Waals surface area contributed by atoms with Crippen molar-refractivity contribution < 1.29 is 19.4 Å². The van der Waals surface area contributed by atoms with Crippen LogP contribution < -0.4 is 5.32 Å². The maximum absolute atomic E-state index is 11.5. The van der Waals surface area contributed by atoms with E-state index in [1.54, 1.807) is 12.1 Å². The number of carboxylic acids is 1. The van der Waals surface area contributed by atoms with Gasteiger partial charge in [-0.3, -0.25) is 4.79 Å². The first-order chi connectivity index (χ1) is 8.49. The Balaban J connectivity index is 2.42. The molecule has 0 bridgehead atoms. The molecular formula is C13H17NO4. The van der Waals surface area contributed by atoms with Gasteiger partial charge in [0.2, 0.25) is 5.91 Å². The summed E-state index contributed by atoms with van der Waals surface area (Å²) in [5, 5.41) is 11.4. The van der Waals surface area contributed by atoms with Crippen LogP contribution in [-0.2, 0) is 9.53 Å². The highest BCUT2D eigenvalue weighted by atomic mass is 16.5. The molecule has 0 fully saturated rings. The van der Waals surface area contributed by atoms with Crippen LogP contribution in [0, 0.1) is 0 Å². The summed E-state index contributed by atoms with van der Waals surface area (Å²) in [6.45, 7) is 4.18. The number of carbonyl (C=O) groups is 2. The molecule has 98 valence electrons. The van der Waals surface area contributed by atoms with Crippen molar-refractivity contribution in [2.45, 2.75) is 26.4 Å². The Bertz CT molecular complexity index is 412. The molecule has 0 atom stereocenters. The Morgan fingerprint density at radius 2 is 1.89 bits per heavy atom. The van der Waals surface area contributed by atoms with Crippen LogP contribution in [0.3, 0.4) is 0 Å². The van der Waals surface area contributed by atoms with Gasteiger partial charge in [-0.15, -0.1) is 0 Å². The SMILES string of the molecule is CC(C)OCCC(=O)Nc1ccc(C(=O)O)cc1. The fourth-order valence-corrected chi connectivity index (χ4v) is 1.31. The van der Waals surface area contributed by atoms with Gasteiger partial charge in [0.15, 0.2) is 0 Å². The average molecular weight is 251 g/mol. The summed E-state index contributed by atoms with van der Waals surface area (Å²) in [7, 11) is 0. The first-order valence-electron chi connectivity index (χ1n) is 5.74. The molecule has 0 heterocycles. The molecule has 1 aromatic carbocycles. The normalized spacial score (nSPS) is 10.4. The van der Waals surface area contributed by atoms with Gasteiger partial charge in [0, 0.05) is 5.69 Å². The van der Waals surface area contributed by atoms with E-state index in [4.69, 9.17) is 9.84 Å². The fraction of sp³-hybridized carbons (Fsp3) is 0.385. The van der Waals surface area contributed by atoms with Gasteiger partial charge in [0.1, 0.15) is 0 Å². The summed E-state index contributed by atoms with van der Waals surface area (Å²) in [4.78, 5) is 22.1. The first kappa shape index (κ1) is 14.2. The fourth-order valence-electron chi connectivity index (χ4n) is 1.31. The Hall–Kier alpha value is -1.88. The Kier molecular flexibility index (Phi) is 5.32. The second-order valence-electron chi connectivity index (χ2n) is 4.10. The monoisotopic (exact) mass is 251 g/mol. The van der Waals surface area contributed by atoms with Crippen LogP contribution in [0.5, 0.6) is 0 Å². The van der Waals surface area contributed by atoms with Crippen LogP contribution in [-0.4, -0.2) is 29.7 Å². The number of anilines is 1. The number of rotatable bonds is 6. The second kappa shape index (κ2) is 6.76. The number of carboxylic acid groups (broad SMARTS) is 1. The highest BCUT2D eigenvalue weighted by Crippen LogP contribution is 2.09. The number of hydrogen-bond acceptors (Lipinski definition) is 3. The molecule has 2 N–H and O–H groups in total. The maximum atomic E-state index is 11.5. The molecule has 0 aliphatic carbocycles. The molecule has 1 rings (SSSR count). The smallest absolute Gasteiger partial charge is 0.335 e. The molecule has 0 aliphatic rings. The number of amides is 1. The Morgan fingerprint density at radius 3 is 2.39 bits per heavy atom. The van der Waals surface area contributed by atoms with Gasteiger partial charge < -0.3 is 15.2 Å².